The minimum absolute atomic E-state index is 0.233. The Morgan fingerprint density at radius 1 is 1.18 bits per heavy atom. The Morgan fingerprint density at radius 2 is 2.00 bits per heavy atom. The second kappa shape index (κ2) is 5.52. The van der Waals surface area contributed by atoms with Crippen LogP contribution in [0.5, 0.6) is 11.5 Å². The van der Waals surface area contributed by atoms with Gasteiger partial charge in [-0.15, -0.1) is 0 Å². The van der Waals surface area contributed by atoms with E-state index in [-0.39, 0.29) is 5.91 Å². The Bertz CT molecular complexity index is 724. The standard InChI is InChI=1S/C17H16N2O3/c1-17(2)21-14-8-6-13(11-15(14)22-17)19-16(20)9-7-12-5-3-4-10-18-12/h3-11H,1-2H3,(H,19,20)/b9-7+. The van der Waals surface area contributed by atoms with E-state index in [1.54, 1.807) is 30.5 Å². The van der Waals surface area contributed by atoms with Crippen molar-refractivity contribution in [3.63, 3.8) is 0 Å². The van der Waals surface area contributed by atoms with Crippen molar-refractivity contribution < 1.29 is 14.3 Å². The van der Waals surface area contributed by atoms with Crippen molar-refractivity contribution in [2.45, 2.75) is 19.6 Å². The van der Waals surface area contributed by atoms with Crippen molar-refractivity contribution in [3.05, 3.63) is 54.4 Å². The molecule has 0 saturated heterocycles. The van der Waals surface area contributed by atoms with E-state index >= 15 is 0 Å². The number of nitrogens with zero attached hydrogens (tertiary/aromatic N) is 1. The third kappa shape index (κ3) is 3.25. The first-order valence-corrected chi connectivity index (χ1v) is 6.94. The van der Waals surface area contributed by atoms with Gasteiger partial charge in [-0.05, 0) is 30.3 Å². The lowest BCUT2D eigenvalue weighted by molar-refractivity contribution is -0.111. The lowest BCUT2D eigenvalue weighted by Crippen LogP contribution is -2.29. The Morgan fingerprint density at radius 3 is 2.77 bits per heavy atom. The summed E-state index contributed by atoms with van der Waals surface area (Å²) in [5, 5.41) is 2.78. The number of anilines is 1. The molecule has 1 aromatic carbocycles. The number of aromatic nitrogens is 1. The van der Waals surface area contributed by atoms with E-state index in [9.17, 15) is 4.79 Å². The highest BCUT2D eigenvalue weighted by Crippen LogP contribution is 2.40. The fourth-order valence-electron chi connectivity index (χ4n) is 2.12. The highest BCUT2D eigenvalue weighted by Gasteiger charge is 2.31. The van der Waals surface area contributed by atoms with Gasteiger partial charge in [-0.1, -0.05) is 6.07 Å². The zero-order valence-corrected chi connectivity index (χ0v) is 12.4. The molecule has 1 N–H and O–H groups in total. The summed E-state index contributed by atoms with van der Waals surface area (Å²) in [7, 11) is 0. The third-order valence-electron chi connectivity index (χ3n) is 3.02. The van der Waals surface area contributed by atoms with Crippen LogP contribution in [0.2, 0.25) is 0 Å². The second-order valence-corrected chi connectivity index (χ2v) is 5.34. The predicted molar refractivity (Wildman–Crippen MR) is 83.7 cm³/mol. The molecule has 1 amide bonds. The van der Waals surface area contributed by atoms with Gasteiger partial charge in [0, 0.05) is 37.9 Å². The molecule has 0 unspecified atom stereocenters. The number of nitrogens with one attached hydrogen (secondary N) is 1. The summed E-state index contributed by atoms with van der Waals surface area (Å²) < 4.78 is 11.2. The van der Waals surface area contributed by atoms with Crippen LogP contribution < -0.4 is 14.8 Å². The van der Waals surface area contributed by atoms with Gasteiger partial charge in [0.15, 0.2) is 11.5 Å². The lowest BCUT2D eigenvalue weighted by Gasteiger charge is -2.16. The summed E-state index contributed by atoms with van der Waals surface area (Å²) in [5.74, 6) is 0.386. The lowest BCUT2D eigenvalue weighted by atomic mass is 10.2. The number of rotatable bonds is 3. The molecule has 0 fully saturated rings. The van der Waals surface area contributed by atoms with Crippen LogP contribution in [0.4, 0.5) is 5.69 Å². The first-order chi connectivity index (χ1) is 10.5. The van der Waals surface area contributed by atoms with Crippen molar-refractivity contribution in [1.29, 1.82) is 0 Å². The maximum atomic E-state index is 11.9. The van der Waals surface area contributed by atoms with Crippen molar-refractivity contribution in [2.24, 2.45) is 0 Å². The number of ether oxygens (including phenoxy) is 2. The number of pyridine rings is 1. The fourth-order valence-corrected chi connectivity index (χ4v) is 2.12. The molecule has 0 atom stereocenters. The predicted octanol–water partition coefficient (Wildman–Crippen LogP) is 3.24. The smallest absolute Gasteiger partial charge is 0.248 e. The van der Waals surface area contributed by atoms with Crippen LogP contribution in [-0.4, -0.2) is 16.7 Å². The molecule has 0 spiro atoms. The molecule has 3 rings (SSSR count). The molecular formula is C17H16N2O3. The molecule has 0 aliphatic carbocycles. The molecule has 0 saturated carbocycles. The number of carbonyl (C=O) groups is 1. The highest BCUT2D eigenvalue weighted by molar-refractivity contribution is 6.01. The molecule has 112 valence electrons. The van der Waals surface area contributed by atoms with Gasteiger partial charge in [-0.2, -0.15) is 0 Å². The van der Waals surface area contributed by atoms with E-state index in [0.29, 0.717) is 17.2 Å². The minimum atomic E-state index is -0.677. The summed E-state index contributed by atoms with van der Waals surface area (Å²) in [4.78, 5) is 16.0. The Balaban J connectivity index is 1.67. The van der Waals surface area contributed by atoms with E-state index in [0.717, 1.165) is 5.69 Å². The number of hydrogen-bond donors (Lipinski definition) is 1. The third-order valence-corrected chi connectivity index (χ3v) is 3.02. The number of hydrogen-bond acceptors (Lipinski definition) is 4. The average molecular weight is 296 g/mol. The monoisotopic (exact) mass is 296 g/mol. The van der Waals surface area contributed by atoms with Gasteiger partial charge < -0.3 is 14.8 Å². The quantitative estimate of drug-likeness (QED) is 0.883. The topological polar surface area (TPSA) is 60.5 Å². The number of fused-ring (bicyclic) bond motifs is 1. The first-order valence-electron chi connectivity index (χ1n) is 6.94. The summed E-state index contributed by atoms with van der Waals surface area (Å²) >= 11 is 0. The SMILES string of the molecule is CC1(C)Oc2ccc(NC(=O)/C=C/c3ccccn3)cc2O1. The van der Waals surface area contributed by atoms with Gasteiger partial charge in [0.1, 0.15) is 0 Å². The molecule has 1 aliphatic heterocycles. The molecule has 5 nitrogen and oxygen atoms in total. The number of amides is 1. The minimum Gasteiger partial charge on any atom is -0.449 e. The molecule has 0 bridgehead atoms. The van der Waals surface area contributed by atoms with E-state index in [2.05, 4.69) is 10.3 Å². The fraction of sp³-hybridized carbons (Fsp3) is 0.176. The van der Waals surface area contributed by atoms with Crippen molar-refractivity contribution in [3.8, 4) is 11.5 Å². The van der Waals surface area contributed by atoms with E-state index in [1.165, 1.54) is 6.08 Å². The summed E-state index contributed by atoms with van der Waals surface area (Å²) in [5.41, 5.74) is 1.38. The van der Waals surface area contributed by atoms with Gasteiger partial charge in [0.05, 0.1) is 5.69 Å². The highest BCUT2D eigenvalue weighted by atomic mass is 16.7. The van der Waals surface area contributed by atoms with E-state index in [4.69, 9.17) is 9.47 Å². The van der Waals surface area contributed by atoms with Crippen LogP contribution in [0.25, 0.3) is 6.08 Å². The zero-order chi connectivity index (χ0) is 15.6. The van der Waals surface area contributed by atoms with Crippen molar-refractivity contribution in [2.75, 3.05) is 5.32 Å². The summed E-state index contributed by atoms with van der Waals surface area (Å²) in [6.45, 7) is 3.67. The van der Waals surface area contributed by atoms with Crippen LogP contribution in [0.1, 0.15) is 19.5 Å². The Kier molecular flexibility index (Phi) is 3.55. The largest absolute Gasteiger partial charge is 0.449 e. The second-order valence-electron chi connectivity index (χ2n) is 5.34. The first kappa shape index (κ1) is 14.1. The Labute approximate surface area is 128 Å². The average Bonchev–Trinajstić information content (AvgIpc) is 2.79. The van der Waals surface area contributed by atoms with E-state index in [1.807, 2.05) is 32.0 Å². The van der Waals surface area contributed by atoms with Crippen molar-refractivity contribution in [1.82, 2.24) is 4.98 Å². The summed E-state index contributed by atoms with van der Waals surface area (Å²) in [6.07, 6.45) is 4.78. The van der Waals surface area contributed by atoms with Crippen LogP contribution >= 0.6 is 0 Å². The number of benzene rings is 1. The van der Waals surface area contributed by atoms with Crippen LogP contribution in [0, 0.1) is 0 Å². The van der Waals surface area contributed by atoms with Gasteiger partial charge >= 0.3 is 0 Å². The zero-order valence-electron chi connectivity index (χ0n) is 12.4. The normalized spacial score (nSPS) is 15.0. The molecule has 2 heterocycles. The van der Waals surface area contributed by atoms with E-state index < -0.39 is 5.79 Å². The molecule has 1 aromatic heterocycles. The molecular weight excluding hydrogens is 280 g/mol. The molecule has 0 radical (unpaired) electrons. The molecule has 22 heavy (non-hydrogen) atoms. The van der Waals surface area contributed by atoms with Crippen LogP contribution in [0.3, 0.4) is 0 Å². The van der Waals surface area contributed by atoms with Crippen molar-refractivity contribution >= 4 is 17.7 Å². The Hall–Kier alpha value is -2.82. The maximum Gasteiger partial charge on any atom is 0.248 e. The number of carbonyl (C=O) groups excluding carboxylic acids is 1. The van der Waals surface area contributed by atoms with Gasteiger partial charge in [0.2, 0.25) is 11.7 Å². The summed E-state index contributed by atoms with van der Waals surface area (Å²) in [6, 6.07) is 10.8. The van der Waals surface area contributed by atoms with Gasteiger partial charge in [0.25, 0.3) is 0 Å². The van der Waals surface area contributed by atoms with Gasteiger partial charge in [-0.3, -0.25) is 9.78 Å². The van der Waals surface area contributed by atoms with Gasteiger partial charge in [-0.25, -0.2) is 0 Å². The molecule has 5 heteroatoms. The molecule has 2 aromatic rings. The van der Waals surface area contributed by atoms with Crippen LogP contribution in [0.15, 0.2) is 48.7 Å². The maximum absolute atomic E-state index is 11.9. The van der Waals surface area contributed by atoms with Crippen LogP contribution in [-0.2, 0) is 4.79 Å². The molecule has 1 aliphatic rings.